The Balaban J connectivity index is 1.64. The first-order valence-corrected chi connectivity index (χ1v) is 8.30. The number of hydrogen-bond acceptors (Lipinski definition) is 4. The third-order valence-corrected chi connectivity index (χ3v) is 5.16. The van der Waals surface area contributed by atoms with E-state index in [0.29, 0.717) is 19.6 Å². The van der Waals surface area contributed by atoms with Gasteiger partial charge in [-0.3, -0.25) is 0 Å². The lowest BCUT2D eigenvalue weighted by Crippen LogP contribution is -2.50. The van der Waals surface area contributed by atoms with Crippen molar-refractivity contribution in [2.45, 2.75) is 19.3 Å². The SMILES string of the molecule is O=S(=O)(NCCCN1CCCC1)N1CCNCC1. The van der Waals surface area contributed by atoms with Crippen LogP contribution in [0, 0.1) is 0 Å². The van der Waals surface area contributed by atoms with Crippen LogP contribution in [0.3, 0.4) is 0 Å². The smallest absolute Gasteiger partial charge is 0.279 e. The van der Waals surface area contributed by atoms with Crippen LogP contribution in [0.25, 0.3) is 0 Å². The van der Waals surface area contributed by atoms with Crippen LogP contribution in [-0.2, 0) is 10.2 Å². The largest absolute Gasteiger partial charge is 0.314 e. The third-order valence-electron chi connectivity index (χ3n) is 3.55. The second-order valence-electron chi connectivity index (χ2n) is 4.95. The van der Waals surface area contributed by atoms with E-state index in [1.165, 1.54) is 30.2 Å². The summed E-state index contributed by atoms with van der Waals surface area (Å²) in [6, 6.07) is 0. The molecule has 106 valence electrons. The topological polar surface area (TPSA) is 64.7 Å². The number of piperazine rings is 1. The number of rotatable bonds is 6. The summed E-state index contributed by atoms with van der Waals surface area (Å²) in [6.45, 7) is 6.52. The van der Waals surface area contributed by atoms with Crippen molar-refractivity contribution in [2.24, 2.45) is 0 Å². The molecular weight excluding hydrogens is 252 g/mol. The first-order chi connectivity index (χ1) is 8.68. The maximum absolute atomic E-state index is 12.0. The van der Waals surface area contributed by atoms with Crippen molar-refractivity contribution in [3.8, 4) is 0 Å². The molecule has 0 unspecified atom stereocenters. The van der Waals surface area contributed by atoms with Gasteiger partial charge < -0.3 is 10.2 Å². The third kappa shape index (κ3) is 4.17. The molecule has 0 radical (unpaired) electrons. The van der Waals surface area contributed by atoms with Gasteiger partial charge in [-0.25, -0.2) is 4.72 Å². The van der Waals surface area contributed by atoms with Crippen LogP contribution in [0.15, 0.2) is 0 Å². The lowest BCUT2D eigenvalue weighted by molar-refractivity contribution is 0.330. The highest BCUT2D eigenvalue weighted by Crippen LogP contribution is 2.07. The van der Waals surface area contributed by atoms with Crippen molar-refractivity contribution < 1.29 is 8.42 Å². The van der Waals surface area contributed by atoms with Crippen molar-refractivity contribution in [3.05, 3.63) is 0 Å². The van der Waals surface area contributed by atoms with E-state index in [-0.39, 0.29) is 0 Å². The molecule has 0 aromatic carbocycles. The van der Waals surface area contributed by atoms with E-state index in [9.17, 15) is 8.42 Å². The molecule has 0 aliphatic carbocycles. The van der Waals surface area contributed by atoms with Crippen LogP contribution in [-0.4, -0.2) is 70.0 Å². The monoisotopic (exact) mass is 276 g/mol. The molecule has 18 heavy (non-hydrogen) atoms. The predicted octanol–water partition coefficient (Wildman–Crippen LogP) is -0.788. The van der Waals surface area contributed by atoms with Gasteiger partial charge in [0.1, 0.15) is 0 Å². The Morgan fingerprint density at radius 3 is 2.39 bits per heavy atom. The van der Waals surface area contributed by atoms with Gasteiger partial charge in [-0.2, -0.15) is 12.7 Å². The molecule has 2 aliphatic rings. The van der Waals surface area contributed by atoms with Gasteiger partial charge in [0.15, 0.2) is 0 Å². The van der Waals surface area contributed by atoms with Crippen LogP contribution >= 0.6 is 0 Å². The van der Waals surface area contributed by atoms with Crippen LogP contribution in [0.2, 0.25) is 0 Å². The van der Waals surface area contributed by atoms with Crippen LogP contribution < -0.4 is 10.0 Å². The normalized spacial score (nSPS) is 23.6. The lowest BCUT2D eigenvalue weighted by Gasteiger charge is -2.26. The van der Waals surface area contributed by atoms with Crippen molar-refractivity contribution in [2.75, 3.05) is 52.4 Å². The molecule has 6 nitrogen and oxygen atoms in total. The molecule has 0 saturated carbocycles. The van der Waals surface area contributed by atoms with Crippen LogP contribution in [0.1, 0.15) is 19.3 Å². The standard InChI is InChI=1S/C11H24N4O2S/c16-18(17,15-10-5-12-6-11-15)13-4-3-9-14-7-1-2-8-14/h12-13H,1-11H2. The minimum absolute atomic E-state index is 0.544. The van der Waals surface area contributed by atoms with Gasteiger partial charge in [0.05, 0.1) is 0 Å². The highest BCUT2D eigenvalue weighted by molar-refractivity contribution is 7.87. The molecule has 2 N–H and O–H groups in total. The predicted molar refractivity (Wildman–Crippen MR) is 71.7 cm³/mol. The van der Waals surface area contributed by atoms with Gasteiger partial charge in [-0.1, -0.05) is 0 Å². The molecule has 2 aliphatic heterocycles. The van der Waals surface area contributed by atoms with Gasteiger partial charge in [0.25, 0.3) is 10.2 Å². The average molecular weight is 276 g/mol. The summed E-state index contributed by atoms with van der Waals surface area (Å²) in [6.07, 6.45) is 3.46. The maximum atomic E-state index is 12.0. The first kappa shape index (κ1) is 14.2. The Labute approximate surface area is 110 Å². The highest BCUT2D eigenvalue weighted by Gasteiger charge is 2.22. The Morgan fingerprint density at radius 1 is 1.06 bits per heavy atom. The van der Waals surface area contributed by atoms with E-state index >= 15 is 0 Å². The summed E-state index contributed by atoms with van der Waals surface area (Å²) < 4.78 is 28.1. The first-order valence-electron chi connectivity index (χ1n) is 6.86. The van der Waals surface area contributed by atoms with Crippen molar-refractivity contribution >= 4 is 10.2 Å². The molecule has 0 aromatic heterocycles. The summed E-state index contributed by atoms with van der Waals surface area (Å²) in [5, 5.41) is 3.15. The van der Waals surface area contributed by atoms with E-state index in [1.54, 1.807) is 0 Å². The van der Waals surface area contributed by atoms with Crippen LogP contribution in [0.5, 0.6) is 0 Å². The molecule has 2 fully saturated rings. The lowest BCUT2D eigenvalue weighted by atomic mass is 10.4. The number of nitrogens with zero attached hydrogens (tertiary/aromatic N) is 2. The van der Waals surface area contributed by atoms with Gasteiger partial charge in [-0.05, 0) is 38.9 Å². The fraction of sp³-hybridized carbons (Fsp3) is 1.00. The Morgan fingerprint density at radius 2 is 1.72 bits per heavy atom. The van der Waals surface area contributed by atoms with Gasteiger partial charge in [0, 0.05) is 32.7 Å². The van der Waals surface area contributed by atoms with Gasteiger partial charge >= 0.3 is 0 Å². The molecule has 2 heterocycles. The van der Waals surface area contributed by atoms with Crippen molar-refractivity contribution in [3.63, 3.8) is 0 Å². The zero-order valence-corrected chi connectivity index (χ0v) is 11.7. The molecule has 7 heteroatoms. The second-order valence-corrected chi connectivity index (χ2v) is 6.71. The molecule has 0 atom stereocenters. The fourth-order valence-electron chi connectivity index (χ4n) is 2.49. The van der Waals surface area contributed by atoms with Gasteiger partial charge in [-0.15, -0.1) is 0 Å². The maximum Gasteiger partial charge on any atom is 0.279 e. The summed E-state index contributed by atoms with van der Waals surface area (Å²) in [5.74, 6) is 0. The molecule has 2 rings (SSSR count). The summed E-state index contributed by atoms with van der Waals surface area (Å²) >= 11 is 0. The number of nitrogens with one attached hydrogen (secondary N) is 2. The minimum Gasteiger partial charge on any atom is -0.314 e. The average Bonchev–Trinajstić information content (AvgIpc) is 2.89. The van der Waals surface area contributed by atoms with Crippen LogP contribution in [0.4, 0.5) is 0 Å². The number of hydrogen-bond donors (Lipinski definition) is 2. The Kier molecular flexibility index (Phi) is 5.38. The van der Waals surface area contributed by atoms with E-state index in [0.717, 1.165) is 26.1 Å². The van der Waals surface area contributed by atoms with E-state index in [1.807, 2.05) is 0 Å². The molecule has 0 spiro atoms. The Hall–Kier alpha value is -0.210. The summed E-state index contributed by atoms with van der Waals surface area (Å²) in [7, 11) is -3.25. The van der Waals surface area contributed by atoms with Gasteiger partial charge in [0.2, 0.25) is 0 Å². The summed E-state index contributed by atoms with van der Waals surface area (Å²) in [5.41, 5.74) is 0. The van der Waals surface area contributed by atoms with E-state index < -0.39 is 10.2 Å². The molecule has 0 amide bonds. The molecule has 2 saturated heterocycles. The second kappa shape index (κ2) is 6.81. The van der Waals surface area contributed by atoms with E-state index in [2.05, 4.69) is 14.9 Å². The quantitative estimate of drug-likeness (QED) is 0.624. The molecular formula is C11H24N4O2S. The highest BCUT2D eigenvalue weighted by atomic mass is 32.2. The van der Waals surface area contributed by atoms with E-state index in [4.69, 9.17) is 0 Å². The zero-order valence-electron chi connectivity index (χ0n) is 10.9. The molecule has 0 aromatic rings. The summed E-state index contributed by atoms with van der Waals surface area (Å²) in [4.78, 5) is 2.40. The molecule has 0 bridgehead atoms. The Bertz CT molecular complexity index is 335. The zero-order chi connectivity index (χ0) is 12.8. The van der Waals surface area contributed by atoms with Crippen molar-refractivity contribution in [1.29, 1.82) is 0 Å². The number of likely N-dealkylation sites (tertiary alicyclic amines) is 1. The van der Waals surface area contributed by atoms with Crippen molar-refractivity contribution in [1.82, 2.24) is 19.2 Å². The fourth-order valence-corrected chi connectivity index (χ4v) is 3.73. The minimum atomic E-state index is -3.25.